The number of ether oxygens (including phenoxy) is 1. The topological polar surface area (TPSA) is 107 Å². The summed E-state index contributed by atoms with van der Waals surface area (Å²) in [5.74, 6) is -0.638. The first kappa shape index (κ1) is 27.9. The molecule has 0 amide bonds. The number of hydrogen-bond acceptors (Lipinski definition) is 7. The number of nitrogens with zero attached hydrogens (tertiary/aromatic N) is 4. The normalized spacial score (nSPS) is 19.4. The van der Waals surface area contributed by atoms with E-state index in [4.69, 9.17) is 0 Å². The summed E-state index contributed by atoms with van der Waals surface area (Å²) in [6, 6.07) is 0. The van der Waals surface area contributed by atoms with Crippen LogP contribution >= 0.6 is 0 Å². The van der Waals surface area contributed by atoms with Crippen LogP contribution < -0.4 is 5.43 Å². The molecule has 0 aliphatic carbocycles. The third-order valence-corrected chi connectivity index (χ3v) is 6.66. The smallest absolute Gasteiger partial charge is 0.409 e. The number of oxime groups is 1. The third kappa shape index (κ3) is 9.17. The first-order valence-electron chi connectivity index (χ1n) is 10.1. The Morgan fingerprint density at radius 2 is 1.97 bits per heavy atom. The molecule has 0 bridgehead atoms. The van der Waals surface area contributed by atoms with Crippen molar-refractivity contribution in [2.75, 3.05) is 26.4 Å². The third-order valence-electron chi connectivity index (χ3n) is 4.98. The quantitative estimate of drug-likeness (QED) is 0.137. The van der Waals surface area contributed by atoms with Gasteiger partial charge in [-0.2, -0.15) is 0 Å². The summed E-state index contributed by atoms with van der Waals surface area (Å²) in [6.07, 6.45) is 1.02. The standard InChI is InChI=1S/C19H32F3N5O4S/c1-6-7-8-16(31-19(20,21)22)13-18(25-28)24-14(2)27(23-4)15(3)26-11-9-17(10-12-26)32(5,29)30/h7-8,13,15,17,23,28H,6,9-12H2,1-5H3/b8-7-,16-13+,24-14-,25-18+. The van der Waals surface area contributed by atoms with Crippen molar-refractivity contribution in [3.8, 4) is 0 Å². The summed E-state index contributed by atoms with van der Waals surface area (Å²) in [5.41, 5.74) is 2.96. The molecular formula is C19H32F3N5O4S. The summed E-state index contributed by atoms with van der Waals surface area (Å²) in [6.45, 7) is 6.33. The Kier molecular flexibility index (Phi) is 10.6. The van der Waals surface area contributed by atoms with E-state index in [2.05, 4.69) is 25.2 Å². The summed E-state index contributed by atoms with van der Waals surface area (Å²) < 4.78 is 65.4. The summed E-state index contributed by atoms with van der Waals surface area (Å²) in [5, 5.41) is 13.5. The highest BCUT2D eigenvalue weighted by atomic mass is 32.2. The first-order valence-corrected chi connectivity index (χ1v) is 12.1. The van der Waals surface area contributed by atoms with Crippen molar-refractivity contribution in [3.05, 3.63) is 24.0 Å². The molecule has 1 atom stereocenters. The van der Waals surface area contributed by atoms with Gasteiger partial charge in [0.1, 0.15) is 21.4 Å². The van der Waals surface area contributed by atoms with Crippen molar-refractivity contribution >= 4 is 21.5 Å². The van der Waals surface area contributed by atoms with Gasteiger partial charge in [0.2, 0.25) is 0 Å². The molecular weight excluding hydrogens is 451 g/mol. The molecule has 184 valence electrons. The van der Waals surface area contributed by atoms with E-state index >= 15 is 0 Å². The van der Waals surface area contributed by atoms with Crippen LogP contribution in [-0.2, 0) is 14.6 Å². The summed E-state index contributed by atoms with van der Waals surface area (Å²) in [4.78, 5) is 6.17. The summed E-state index contributed by atoms with van der Waals surface area (Å²) in [7, 11) is -1.45. The highest BCUT2D eigenvalue weighted by molar-refractivity contribution is 7.91. The monoisotopic (exact) mass is 483 g/mol. The number of alkyl halides is 3. The van der Waals surface area contributed by atoms with Gasteiger partial charge in [0, 0.05) is 32.5 Å². The second kappa shape index (κ2) is 12.2. The predicted molar refractivity (Wildman–Crippen MR) is 117 cm³/mol. The van der Waals surface area contributed by atoms with Gasteiger partial charge in [0.05, 0.1) is 11.4 Å². The van der Waals surface area contributed by atoms with Crippen molar-refractivity contribution in [2.24, 2.45) is 10.1 Å². The Labute approximate surface area is 187 Å². The molecule has 1 saturated heterocycles. The molecule has 1 rings (SSSR count). The molecule has 13 heteroatoms. The van der Waals surface area contributed by atoms with Gasteiger partial charge in [0.15, 0.2) is 5.84 Å². The predicted octanol–water partition coefficient (Wildman–Crippen LogP) is 2.87. The minimum absolute atomic E-state index is 0.251. The van der Waals surface area contributed by atoms with Crippen molar-refractivity contribution in [1.82, 2.24) is 15.3 Å². The zero-order valence-electron chi connectivity index (χ0n) is 18.9. The van der Waals surface area contributed by atoms with Crippen LogP contribution in [0.1, 0.15) is 40.0 Å². The largest absolute Gasteiger partial charge is 0.573 e. The Morgan fingerprint density at radius 1 is 1.38 bits per heavy atom. The molecule has 1 fully saturated rings. The highest BCUT2D eigenvalue weighted by Gasteiger charge is 2.32. The van der Waals surface area contributed by atoms with E-state index in [1.165, 1.54) is 12.3 Å². The van der Waals surface area contributed by atoms with Crippen molar-refractivity contribution in [3.63, 3.8) is 0 Å². The van der Waals surface area contributed by atoms with Crippen molar-refractivity contribution < 1.29 is 31.5 Å². The zero-order chi connectivity index (χ0) is 24.5. The number of aliphatic imine (C=N–C) groups is 1. The fourth-order valence-electron chi connectivity index (χ4n) is 3.37. The van der Waals surface area contributed by atoms with Crippen LogP contribution in [-0.4, -0.2) is 79.4 Å². The highest BCUT2D eigenvalue weighted by Crippen LogP contribution is 2.22. The second-order valence-electron chi connectivity index (χ2n) is 7.31. The van der Waals surface area contributed by atoms with Crippen LogP contribution in [0.5, 0.6) is 0 Å². The zero-order valence-corrected chi connectivity index (χ0v) is 19.7. The molecule has 0 aromatic heterocycles. The Bertz CT molecular complexity index is 832. The molecule has 1 unspecified atom stereocenters. The van der Waals surface area contributed by atoms with Gasteiger partial charge < -0.3 is 9.94 Å². The van der Waals surface area contributed by atoms with Crippen LogP contribution in [0.4, 0.5) is 13.2 Å². The van der Waals surface area contributed by atoms with E-state index in [0.29, 0.717) is 38.2 Å². The average Bonchev–Trinajstić information content (AvgIpc) is 2.70. The van der Waals surface area contributed by atoms with E-state index in [0.717, 1.165) is 12.2 Å². The second-order valence-corrected chi connectivity index (χ2v) is 9.64. The molecule has 2 N–H and O–H groups in total. The molecule has 0 radical (unpaired) electrons. The lowest BCUT2D eigenvalue weighted by Gasteiger charge is -2.41. The lowest BCUT2D eigenvalue weighted by atomic mass is 10.1. The molecule has 0 aromatic rings. The molecule has 1 heterocycles. The minimum Gasteiger partial charge on any atom is -0.409 e. The maximum atomic E-state index is 12.6. The molecule has 0 saturated carbocycles. The Balaban J connectivity index is 3.02. The number of likely N-dealkylation sites (tertiary alicyclic amines) is 1. The molecule has 9 nitrogen and oxygen atoms in total. The maximum Gasteiger partial charge on any atom is 0.573 e. The number of sulfone groups is 1. The van der Waals surface area contributed by atoms with Crippen LogP contribution in [0.2, 0.25) is 0 Å². The SMILES string of the molecule is CC\C=C/C(=C\C(\N=C(\C)N(NC)C(C)N1CCC(S(C)(=O)=O)CC1)=N/O)OC(F)(F)F. The fourth-order valence-corrected chi connectivity index (χ4v) is 4.44. The number of rotatable bonds is 8. The lowest BCUT2D eigenvalue weighted by Crippen LogP contribution is -2.56. The van der Waals surface area contributed by atoms with Gasteiger partial charge in [-0.05, 0) is 39.2 Å². The number of hydrogen-bond donors (Lipinski definition) is 2. The van der Waals surface area contributed by atoms with Gasteiger partial charge in [-0.1, -0.05) is 18.2 Å². The fraction of sp³-hybridized carbons (Fsp3) is 0.684. The van der Waals surface area contributed by atoms with Crippen LogP contribution in [0.3, 0.4) is 0 Å². The van der Waals surface area contributed by atoms with Gasteiger partial charge in [-0.15, -0.1) is 13.2 Å². The number of allylic oxidation sites excluding steroid dienone is 2. The van der Waals surface area contributed by atoms with E-state index in [9.17, 15) is 26.8 Å². The van der Waals surface area contributed by atoms with Crippen molar-refractivity contribution in [1.29, 1.82) is 0 Å². The van der Waals surface area contributed by atoms with Crippen LogP contribution in [0, 0.1) is 0 Å². The van der Waals surface area contributed by atoms with E-state index in [1.54, 1.807) is 25.9 Å². The van der Waals surface area contributed by atoms with Gasteiger partial charge in [0.25, 0.3) is 0 Å². The summed E-state index contributed by atoms with van der Waals surface area (Å²) >= 11 is 0. The van der Waals surface area contributed by atoms with Gasteiger partial charge >= 0.3 is 6.36 Å². The average molecular weight is 484 g/mol. The van der Waals surface area contributed by atoms with Crippen LogP contribution in [0.15, 0.2) is 34.1 Å². The molecule has 1 aliphatic heterocycles. The lowest BCUT2D eigenvalue weighted by molar-refractivity contribution is -0.303. The Morgan fingerprint density at radius 3 is 2.41 bits per heavy atom. The van der Waals surface area contributed by atoms with E-state index < -0.39 is 22.0 Å². The van der Waals surface area contributed by atoms with E-state index in [-0.39, 0.29) is 17.3 Å². The van der Waals surface area contributed by atoms with Crippen molar-refractivity contribution in [2.45, 2.75) is 57.8 Å². The minimum atomic E-state index is -4.91. The molecule has 0 aromatic carbocycles. The number of hydrazine groups is 1. The number of halogens is 3. The van der Waals surface area contributed by atoms with Gasteiger partial charge in [-0.25, -0.2) is 18.8 Å². The maximum absolute atomic E-state index is 12.6. The Hall–Kier alpha value is -2.12. The number of piperidine rings is 1. The molecule has 32 heavy (non-hydrogen) atoms. The number of nitrogens with one attached hydrogen (secondary N) is 1. The van der Waals surface area contributed by atoms with Gasteiger partial charge in [-0.3, -0.25) is 9.91 Å². The molecule has 0 spiro atoms. The first-order chi connectivity index (χ1) is 14.8. The van der Waals surface area contributed by atoms with Crippen LogP contribution in [0.25, 0.3) is 0 Å². The van der Waals surface area contributed by atoms with E-state index in [1.807, 2.05) is 6.92 Å². The molecule has 1 aliphatic rings. The number of amidine groups is 2.